The Kier molecular flexibility index (Phi) is 7.07. The number of para-hydroxylation sites is 4. The van der Waals surface area contributed by atoms with Gasteiger partial charge in [-0.3, -0.25) is 0 Å². The first-order valence-electron chi connectivity index (χ1n) is 19.6. The van der Waals surface area contributed by atoms with Crippen LogP contribution >= 0.6 is 0 Å². The summed E-state index contributed by atoms with van der Waals surface area (Å²) in [6.45, 7) is 4.67. The Labute approximate surface area is 334 Å². The molecule has 1 unspecified atom stereocenters. The van der Waals surface area contributed by atoms with Gasteiger partial charge in [-0.1, -0.05) is 170 Å². The van der Waals surface area contributed by atoms with Gasteiger partial charge in [-0.2, -0.15) is 0 Å². The Bertz CT molecular complexity index is 3330. The molecule has 12 rings (SSSR count). The van der Waals surface area contributed by atoms with Crippen LogP contribution < -0.4 is 5.32 Å². The number of nitrogens with one attached hydrogen (secondary N) is 1. The van der Waals surface area contributed by atoms with Crippen LogP contribution in [0.2, 0.25) is 0 Å². The molecular formula is C53H34N4O. The fourth-order valence-electron chi connectivity index (χ4n) is 9.20. The van der Waals surface area contributed by atoms with Gasteiger partial charge in [0, 0.05) is 54.9 Å². The summed E-state index contributed by atoms with van der Waals surface area (Å²) in [7, 11) is 0. The van der Waals surface area contributed by atoms with E-state index in [4.69, 9.17) is 14.4 Å². The average Bonchev–Trinajstić information content (AvgIpc) is 3.94. The maximum absolute atomic E-state index is 7.12. The van der Waals surface area contributed by atoms with E-state index in [1.54, 1.807) is 0 Å². The van der Waals surface area contributed by atoms with E-state index < -0.39 is 6.17 Å². The summed E-state index contributed by atoms with van der Waals surface area (Å²) in [5, 5.41) is 8.22. The van der Waals surface area contributed by atoms with Crippen molar-refractivity contribution in [3.8, 4) is 27.9 Å². The van der Waals surface area contributed by atoms with Crippen LogP contribution in [0.5, 0.6) is 0 Å². The van der Waals surface area contributed by atoms with Crippen LogP contribution in [-0.4, -0.2) is 16.2 Å². The summed E-state index contributed by atoms with van der Waals surface area (Å²) in [5.74, 6) is 1.45. The zero-order chi connectivity index (χ0) is 38.3. The van der Waals surface area contributed by atoms with Gasteiger partial charge in [0.05, 0.1) is 16.7 Å². The molecule has 5 nitrogen and oxygen atoms in total. The Morgan fingerprint density at radius 2 is 1.03 bits per heavy atom. The number of furan rings is 1. The summed E-state index contributed by atoms with van der Waals surface area (Å²) in [5.41, 5.74) is 15.8. The van der Waals surface area contributed by atoms with Crippen molar-refractivity contribution in [3.63, 3.8) is 0 Å². The molecule has 3 heterocycles. The number of hydrogen-bond donors (Lipinski definition) is 1. The Balaban J connectivity index is 1.06. The van der Waals surface area contributed by atoms with Gasteiger partial charge in [0.1, 0.15) is 17.0 Å². The minimum absolute atomic E-state index is 0.430. The van der Waals surface area contributed by atoms with Crippen LogP contribution in [0.15, 0.2) is 203 Å². The molecule has 0 saturated heterocycles. The fraction of sp³-hybridized carbons (Fsp3) is 0.0189. The predicted molar refractivity (Wildman–Crippen MR) is 239 cm³/mol. The highest BCUT2D eigenvalue weighted by Crippen LogP contribution is 2.52. The van der Waals surface area contributed by atoms with Gasteiger partial charge in [0.25, 0.3) is 0 Å². The van der Waals surface area contributed by atoms with Crippen LogP contribution in [0.1, 0.15) is 34.0 Å². The summed E-state index contributed by atoms with van der Waals surface area (Å²) in [6.07, 6.45) is -0.430. The van der Waals surface area contributed by atoms with Gasteiger partial charge < -0.3 is 14.3 Å². The number of nitrogens with zero attached hydrogens (tertiary/aromatic N) is 3. The molecule has 2 aliphatic rings. The van der Waals surface area contributed by atoms with Crippen molar-refractivity contribution in [1.29, 1.82) is 0 Å². The smallest absolute Gasteiger partial charge is 0.159 e. The molecule has 0 amide bonds. The van der Waals surface area contributed by atoms with Crippen molar-refractivity contribution in [2.24, 2.45) is 9.98 Å². The van der Waals surface area contributed by atoms with Crippen molar-refractivity contribution in [2.45, 2.75) is 6.17 Å². The summed E-state index contributed by atoms with van der Waals surface area (Å²) < 4.78 is 9.54. The van der Waals surface area contributed by atoms with Gasteiger partial charge in [-0.05, 0) is 40.5 Å². The fourth-order valence-corrected chi connectivity index (χ4v) is 9.20. The van der Waals surface area contributed by atoms with Gasteiger partial charge >= 0.3 is 0 Å². The average molecular weight is 743 g/mol. The largest absolute Gasteiger partial charge is 0.455 e. The number of rotatable bonds is 5. The lowest BCUT2D eigenvalue weighted by Gasteiger charge is -2.23. The monoisotopic (exact) mass is 742 g/mol. The zero-order valence-corrected chi connectivity index (χ0v) is 31.4. The van der Waals surface area contributed by atoms with E-state index in [0.717, 1.165) is 78.0 Å². The molecule has 0 fully saturated rings. The first kappa shape index (κ1) is 32.5. The van der Waals surface area contributed by atoms with Crippen molar-refractivity contribution in [1.82, 2.24) is 9.88 Å². The molecule has 0 saturated carbocycles. The number of benzene rings is 8. The Morgan fingerprint density at radius 3 is 1.78 bits per heavy atom. The lowest BCUT2D eigenvalue weighted by molar-refractivity contribution is 0.629. The molecule has 0 bridgehead atoms. The van der Waals surface area contributed by atoms with E-state index in [2.05, 4.69) is 162 Å². The molecule has 8 aromatic carbocycles. The van der Waals surface area contributed by atoms with Crippen LogP contribution in [0.4, 0.5) is 0 Å². The molecule has 1 aliphatic heterocycles. The molecule has 1 atom stereocenters. The van der Waals surface area contributed by atoms with E-state index in [1.807, 2.05) is 36.4 Å². The Hall–Kier alpha value is -7.76. The third-order valence-electron chi connectivity index (χ3n) is 11.8. The highest BCUT2D eigenvalue weighted by molar-refractivity contribution is 6.17. The zero-order valence-electron chi connectivity index (χ0n) is 31.4. The summed E-state index contributed by atoms with van der Waals surface area (Å²) >= 11 is 0. The maximum Gasteiger partial charge on any atom is 0.159 e. The van der Waals surface area contributed by atoms with Crippen LogP contribution in [0, 0.1) is 0 Å². The molecule has 10 aromatic rings. The van der Waals surface area contributed by atoms with Crippen molar-refractivity contribution in [3.05, 3.63) is 216 Å². The second-order valence-corrected chi connectivity index (χ2v) is 15.0. The van der Waals surface area contributed by atoms with E-state index in [0.29, 0.717) is 5.84 Å². The third-order valence-corrected chi connectivity index (χ3v) is 11.8. The minimum Gasteiger partial charge on any atom is -0.455 e. The molecule has 0 spiro atoms. The molecular weight excluding hydrogens is 709 g/mol. The second-order valence-electron chi connectivity index (χ2n) is 15.0. The lowest BCUT2D eigenvalue weighted by Crippen LogP contribution is -2.33. The molecule has 1 N–H and O–H groups in total. The number of fused-ring (bicyclic) bond motifs is 9. The second kappa shape index (κ2) is 12.6. The quantitative estimate of drug-likeness (QED) is 0.191. The maximum atomic E-state index is 7.12. The molecule has 58 heavy (non-hydrogen) atoms. The summed E-state index contributed by atoms with van der Waals surface area (Å²) in [4.78, 5) is 10.2. The highest BCUT2D eigenvalue weighted by atomic mass is 16.3. The van der Waals surface area contributed by atoms with Crippen LogP contribution in [0.25, 0.3) is 77.3 Å². The molecule has 272 valence electrons. The topological polar surface area (TPSA) is 54.8 Å². The normalized spacial score (nSPS) is 14.8. The Morgan fingerprint density at radius 1 is 0.483 bits per heavy atom. The van der Waals surface area contributed by atoms with Crippen LogP contribution in [-0.2, 0) is 0 Å². The molecule has 2 aromatic heterocycles. The van der Waals surface area contributed by atoms with E-state index in [-0.39, 0.29) is 0 Å². The SMILES string of the molecule is C=C1c2cccc(-c3cccc4c3oc3c(C5N=C(c6ccccc6)N=C(c6ccccc6)N5)cccc34)c2-c2c1cccc2-n1c2ccccc2c2ccccc21. The standard InChI is InChI=1S/C53H34N4O/c1-32-35-22-12-24-39(47(35)48-36(32)23-15-31-46(48)57-44-29-10-8-20-37(44)38-21-9-11-30-45(38)57)40-25-13-26-41-42-27-14-28-43(50(42)58-49(40)41)53-55-51(33-16-4-2-5-17-33)54-52(56-53)34-18-6-3-7-19-34/h2-31,53H,1H2,(H,54,55,56). The van der Waals surface area contributed by atoms with Crippen molar-refractivity contribution in [2.75, 3.05) is 0 Å². The highest BCUT2D eigenvalue weighted by Gasteiger charge is 2.31. The van der Waals surface area contributed by atoms with Crippen molar-refractivity contribution < 1.29 is 4.42 Å². The van der Waals surface area contributed by atoms with Crippen LogP contribution in [0.3, 0.4) is 0 Å². The first-order valence-corrected chi connectivity index (χ1v) is 19.6. The molecule has 1 aliphatic carbocycles. The predicted octanol–water partition coefficient (Wildman–Crippen LogP) is 12.9. The number of aromatic nitrogens is 1. The van der Waals surface area contributed by atoms with Crippen molar-refractivity contribution >= 4 is 61.0 Å². The first-order chi connectivity index (χ1) is 28.7. The number of hydrogen-bond acceptors (Lipinski definition) is 4. The lowest BCUT2D eigenvalue weighted by atomic mass is 9.92. The van der Waals surface area contributed by atoms with E-state index >= 15 is 0 Å². The number of aliphatic imine (C=N–C) groups is 2. The molecule has 5 heteroatoms. The van der Waals surface area contributed by atoms with Gasteiger partial charge in [-0.15, -0.1) is 0 Å². The van der Waals surface area contributed by atoms with Gasteiger partial charge in [-0.25, -0.2) is 9.98 Å². The van der Waals surface area contributed by atoms with Gasteiger partial charge in [0.15, 0.2) is 12.0 Å². The minimum atomic E-state index is -0.430. The van der Waals surface area contributed by atoms with E-state index in [1.165, 1.54) is 32.9 Å². The van der Waals surface area contributed by atoms with E-state index in [9.17, 15) is 0 Å². The van der Waals surface area contributed by atoms with Gasteiger partial charge in [0.2, 0.25) is 0 Å². The number of amidine groups is 2. The molecule has 0 radical (unpaired) electrons. The third kappa shape index (κ3) is 4.77. The summed E-state index contributed by atoms with van der Waals surface area (Å²) in [6, 6.07) is 63.8.